The van der Waals surface area contributed by atoms with Gasteiger partial charge in [0.2, 0.25) is 0 Å². The molecule has 0 bridgehead atoms. The standard InChI is InChI=1S/C20H21FO3/c21-17-13-16(20(19(22)23)11-5-2-6-12-20)9-10-18(17)24-14-15-7-3-1-4-8-15/h1,3-4,7-10,13H,2,5-6,11-12,14H2,(H,22,23). The molecular weight excluding hydrogens is 307 g/mol. The Kier molecular flexibility index (Phi) is 4.84. The smallest absolute Gasteiger partial charge is 0.314 e. The molecule has 0 spiro atoms. The number of carboxylic acid groups (broad SMARTS) is 1. The second-order valence-electron chi connectivity index (χ2n) is 6.37. The number of carboxylic acids is 1. The molecule has 1 N–H and O–H groups in total. The van der Waals surface area contributed by atoms with Gasteiger partial charge in [0.25, 0.3) is 0 Å². The first-order chi connectivity index (χ1) is 11.6. The van der Waals surface area contributed by atoms with Crippen molar-refractivity contribution in [3.05, 3.63) is 65.5 Å². The van der Waals surface area contributed by atoms with Gasteiger partial charge >= 0.3 is 5.97 Å². The summed E-state index contributed by atoms with van der Waals surface area (Å²) in [5, 5.41) is 9.70. The molecule has 0 aromatic heterocycles. The molecule has 0 aliphatic heterocycles. The van der Waals surface area contributed by atoms with Gasteiger partial charge in [0, 0.05) is 0 Å². The highest BCUT2D eigenvalue weighted by Crippen LogP contribution is 2.40. The summed E-state index contributed by atoms with van der Waals surface area (Å²) in [5.74, 6) is -1.21. The maximum atomic E-state index is 14.4. The van der Waals surface area contributed by atoms with Crippen molar-refractivity contribution in [3.8, 4) is 5.75 Å². The summed E-state index contributed by atoms with van der Waals surface area (Å²) in [6.45, 7) is 0.279. The number of benzene rings is 2. The Morgan fingerprint density at radius 3 is 2.42 bits per heavy atom. The molecule has 126 valence electrons. The molecule has 3 nitrogen and oxygen atoms in total. The lowest BCUT2D eigenvalue weighted by Crippen LogP contribution is -2.37. The Labute approximate surface area is 141 Å². The maximum Gasteiger partial charge on any atom is 0.314 e. The van der Waals surface area contributed by atoms with Gasteiger partial charge in [-0.15, -0.1) is 0 Å². The van der Waals surface area contributed by atoms with Crippen molar-refractivity contribution >= 4 is 5.97 Å². The normalized spacial score (nSPS) is 16.5. The molecule has 1 aliphatic carbocycles. The molecule has 1 aliphatic rings. The molecule has 2 aromatic rings. The second kappa shape index (κ2) is 7.04. The first kappa shape index (κ1) is 16.5. The van der Waals surface area contributed by atoms with Crippen molar-refractivity contribution < 1.29 is 19.0 Å². The summed E-state index contributed by atoms with van der Waals surface area (Å²) in [6, 6.07) is 14.1. The third-order valence-electron chi connectivity index (χ3n) is 4.84. The zero-order chi connectivity index (χ0) is 17.0. The third kappa shape index (κ3) is 3.28. The van der Waals surface area contributed by atoms with Crippen molar-refractivity contribution in [1.29, 1.82) is 0 Å². The van der Waals surface area contributed by atoms with E-state index in [0.717, 1.165) is 24.8 Å². The largest absolute Gasteiger partial charge is 0.486 e. The van der Waals surface area contributed by atoms with E-state index in [-0.39, 0.29) is 12.4 Å². The van der Waals surface area contributed by atoms with Crippen LogP contribution in [-0.4, -0.2) is 11.1 Å². The highest BCUT2D eigenvalue weighted by molar-refractivity contribution is 5.81. The zero-order valence-electron chi connectivity index (χ0n) is 13.5. The van der Waals surface area contributed by atoms with Crippen LogP contribution in [0.15, 0.2) is 48.5 Å². The molecule has 0 atom stereocenters. The average molecular weight is 328 g/mol. The second-order valence-corrected chi connectivity index (χ2v) is 6.37. The van der Waals surface area contributed by atoms with E-state index in [1.165, 1.54) is 6.07 Å². The quantitative estimate of drug-likeness (QED) is 0.866. The predicted molar refractivity (Wildman–Crippen MR) is 89.6 cm³/mol. The van der Waals surface area contributed by atoms with Gasteiger partial charge in [0.15, 0.2) is 11.6 Å². The number of hydrogen-bond acceptors (Lipinski definition) is 2. The highest BCUT2D eigenvalue weighted by Gasteiger charge is 2.41. The first-order valence-electron chi connectivity index (χ1n) is 8.32. The van der Waals surface area contributed by atoms with Gasteiger partial charge in [-0.1, -0.05) is 55.7 Å². The average Bonchev–Trinajstić information content (AvgIpc) is 2.62. The first-order valence-corrected chi connectivity index (χ1v) is 8.32. The van der Waals surface area contributed by atoms with E-state index < -0.39 is 17.2 Å². The lowest BCUT2D eigenvalue weighted by atomic mass is 9.69. The van der Waals surface area contributed by atoms with Gasteiger partial charge in [0.1, 0.15) is 6.61 Å². The van der Waals surface area contributed by atoms with Crippen LogP contribution in [0.4, 0.5) is 4.39 Å². The molecule has 0 radical (unpaired) electrons. The fraction of sp³-hybridized carbons (Fsp3) is 0.350. The molecule has 0 unspecified atom stereocenters. The lowest BCUT2D eigenvalue weighted by molar-refractivity contribution is -0.145. The van der Waals surface area contributed by atoms with Gasteiger partial charge in [0.05, 0.1) is 5.41 Å². The Balaban J connectivity index is 1.80. The van der Waals surface area contributed by atoms with Crippen molar-refractivity contribution in [2.45, 2.75) is 44.1 Å². The van der Waals surface area contributed by atoms with Crippen LogP contribution in [0.25, 0.3) is 0 Å². The van der Waals surface area contributed by atoms with Crippen molar-refractivity contribution in [2.24, 2.45) is 0 Å². The highest BCUT2D eigenvalue weighted by atomic mass is 19.1. The van der Waals surface area contributed by atoms with E-state index in [9.17, 15) is 14.3 Å². The van der Waals surface area contributed by atoms with E-state index in [4.69, 9.17) is 4.74 Å². The molecule has 0 saturated heterocycles. The molecule has 4 heteroatoms. The molecule has 0 amide bonds. The summed E-state index contributed by atoms with van der Waals surface area (Å²) in [4.78, 5) is 11.8. The van der Waals surface area contributed by atoms with Crippen LogP contribution in [0, 0.1) is 5.82 Å². The lowest BCUT2D eigenvalue weighted by Gasteiger charge is -2.33. The zero-order valence-corrected chi connectivity index (χ0v) is 13.5. The van der Waals surface area contributed by atoms with Crippen LogP contribution < -0.4 is 4.74 Å². The van der Waals surface area contributed by atoms with E-state index >= 15 is 0 Å². The third-order valence-corrected chi connectivity index (χ3v) is 4.84. The van der Waals surface area contributed by atoms with Gasteiger partial charge in [-0.25, -0.2) is 4.39 Å². The molecular formula is C20H21FO3. The van der Waals surface area contributed by atoms with Crippen LogP contribution in [0.2, 0.25) is 0 Å². The van der Waals surface area contributed by atoms with Crippen LogP contribution in [-0.2, 0) is 16.8 Å². The topological polar surface area (TPSA) is 46.5 Å². The molecule has 0 heterocycles. The minimum Gasteiger partial charge on any atom is -0.486 e. The number of ether oxygens (including phenoxy) is 1. The number of rotatable bonds is 5. The van der Waals surface area contributed by atoms with E-state index in [2.05, 4.69) is 0 Å². The number of aliphatic carboxylic acids is 1. The fourth-order valence-electron chi connectivity index (χ4n) is 3.43. The number of carbonyl (C=O) groups is 1. The van der Waals surface area contributed by atoms with Gasteiger partial charge in [-0.2, -0.15) is 0 Å². The van der Waals surface area contributed by atoms with E-state index in [0.29, 0.717) is 18.4 Å². The van der Waals surface area contributed by atoms with Crippen LogP contribution >= 0.6 is 0 Å². The van der Waals surface area contributed by atoms with Crippen molar-refractivity contribution in [3.63, 3.8) is 0 Å². The minimum atomic E-state index is -0.961. The summed E-state index contributed by atoms with van der Waals surface area (Å²) in [6.07, 6.45) is 3.88. The van der Waals surface area contributed by atoms with Crippen molar-refractivity contribution in [1.82, 2.24) is 0 Å². The number of hydrogen-bond donors (Lipinski definition) is 1. The Bertz CT molecular complexity index is 706. The van der Waals surface area contributed by atoms with E-state index in [1.54, 1.807) is 12.1 Å². The van der Waals surface area contributed by atoms with Crippen molar-refractivity contribution in [2.75, 3.05) is 0 Å². The Morgan fingerprint density at radius 1 is 1.08 bits per heavy atom. The van der Waals surface area contributed by atoms with Crippen LogP contribution in [0.3, 0.4) is 0 Å². The molecule has 24 heavy (non-hydrogen) atoms. The molecule has 1 fully saturated rings. The predicted octanol–water partition coefficient (Wildman–Crippen LogP) is 4.69. The monoisotopic (exact) mass is 328 g/mol. The van der Waals surface area contributed by atoms with Crippen LogP contribution in [0.5, 0.6) is 5.75 Å². The summed E-state index contributed by atoms with van der Waals surface area (Å²) < 4.78 is 20.0. The maximum absolute atomic E-state index is 14.4. The summed E-state index contributed by atoms with van der Waals surface area (Å²) in [7, 11) is 0. The fourth-order valence-corrected chi connectivity index (χ4v) is 3.43. The SMILES string of the molecule is O=C(O)C1(c2ccc(OCc3ccccc3)c(F)c2)CCCCC1. The Hall–Kier alpha value is -2.36. The summed E-state index contributed by atoms with van der Waals surface area (Å²) >= 11 is 0. The van der Waals surface area contributed by atoms with Gasteiger partial charge < -0.3 is 9.84 Å². The van der Waals surface area contributed by atoms with E-state index in [1.807, 2.05) is 30.3 Å². The van der Waals surface area contributed by atoms with Crippen LogP contribution in [0.1, 0.15) is 43.2 Å². The Morgan fingerprint density at radius 2 is 1.79 bits per heavy atom. The molecule has 3 rings (SSSR count). The minimum absolute atomic E-state index is 0.152. The molecule has 2 aromatic carbocycles. The van der Waals surface area contributed by atoms with Gasteiger partial charge in [-0.3, -0.25) is 4.79 Å². The number of halogens is 1. The molecule has 1 saturated carbocycles. The summed E-state index contributed by atoms with van der Waals surface area (Å²) in [5.41, 5.74) is 0.534. The van der Waals surface area contributed by atoms with Gasteiger partial charge in [-0.05, 0) is 36.1 Å².